The monoisotopic (exact) mass is 724 g/mol. The van der Waals surface area contributed by atoms with Gasteiger partial charge in [0, 0.05) is 21.0 Å². The Morgan fingerprint density at radius 3 is 2.23 bits per heavy atom. The Hall–Kier alpha value is -5.43. The van der Waals surface area contributed by atoms with Crippen LogP contribution in [0.15, 0.2) is 126 Å². The summed E-state index contributed by atoms with van der Waals surface area (Å²) in [4.78, 5) is 42.8. The lowest BCUT2D eigenvalue weighted by Gasteiger charge is -2.33. The number of nitriles is 1. The summed E-state index contributed by atoms with van der Waals surface area (Å²) in [5, 5.41) is 19.0. The SMILES string of the molecule is CC(C)(C)C1CCc2c(sc(NC(=O)C(Sc3cccc(NC(=O)/C(=C/c4ccccc4)NC(=O)c4ccccc4)c3)c3ccccc3)c2C#N)C1. The van der Waals surface area contributed by atoms with Gasteiger partial charge in [-0.05, 0) is 83.7 Å². The van der Waals surface area contributed by atoms with Gasteiger partial charge in [-0.15, -0.1) is 23.1 Å². The highest BCUT2D eigenvalue weighted by Gasteiger charge is 2.33. The van der Waals surface area contributed by atoms with Gasteiger partial charge in [-0.2, -0.15) is 5.26 Å². The first kappa shape index (κ1) is 36.4. The van der Waals surface area contributed by atoms with Crippen molar-refractivity contribution >= 4 is 57.6 Å². The number of benzene rings is 4. The molecule has 0 fully saturated rings. The van der Waals surface area contributed by atoms with Gasteiger partial charge >= 0.3 is 0 Å². The van der Waals surface area contributed by atoms with Gasteiger partial charge in [0.2, 0.25) is 5.91 Å². The maximum absolute atomic E-state index is 14.1. The van der Waals surface area contributed by atoms with Crippen molar-refractivity contribution in [3.8, 4) is 6.07 Å². The average molecular weight is 725 g/mol. The van der Waals surface area contributed by atoms with Gasteiger partial charge in [-0.3, -0.25) is 14.4 Å². The second-order valence-corrected chi connectivity index (χ2v) is 16.1. The first-order valence-corrected chi connectivity index (χ1v) is 18.9. The maximum atomic E-state index is 14.1. The van der Waals surface area contributed by atoms with Gasteiger partial charge in [0.25, 0.3) is 11.8 Å². The van der Waals surface area contributed by atoms with E-state index in [4.69, 9.17) is 0 Å². The molecule has 2 unspecified atom stereocenters. The predicted molar refractivity (Wildman–Crippen MR) is 211 cm³/mol. The van der Waals surface area contributed by atoms with Crippen LogP contribution >= 0.6 is 23.1 Å². The predicted octanol–water partition coefficient (Wildman–Crippen LogP) is 9.65. The summed E-state index contributed by atoms with van der Waals surface area (Å²) in [6, 6.07) is 37.2. The van der Waals surface area contributed by atoms with Crippen molar-refractivity contribution in [1.29, 1.82) is 5.26 Å². The largest absolute Gasteiger partial charge is 0.321 e. The van der Waals surface area contributed by atoms with Crippen molar-refractivity contribution in [1.82, 2.24) is 5.32 Å². The van der Waals surface area contributed by atoms with Crippen LogP contribution in [0, 0.1) is 22.7 Å². The van der Waals surface area contributed by atoms with Crippen molar-refractivity contribution in [2.75, 3.05) is 10.6 Å². The van der Waals surface area contributed by atoms with Gasteiger partial charge in [-0.1, -0.05) is 106 Å². The van der Waals surface area contributed by atoms with Crippen molar-refractivity contribution in [3.05, 3.63) is 154 Å². The Morgan fingerprint density at radius 2 is 1.56 bits per heavy atom. The van der Waals surface area contributed by atoms with E-state index in [0.717, 1.165) is 40.8 Å². The topological polar surface area (TPSA) is 111 Å². The summed E-state index contributed by atoms with van der Waals surface area (Å²) in [5.41, 5.74) is 4.37. The van der Waals surface area contributed by atoms with Gasteiger partial charge < -0.3 is 16.0 Å². The summed E-state index contributed by atoms with van der Waals surface area (Å²) >= 11 is 2.88. The van der Waals surface area contributed by atoms with Crippen LogP contribution in [-0.4, -0.2) is 17.7 Å². The third-order valence-electron chi connectivity index (χ3n) is 9.16. The summed E-state index contributed by atoms with van der Waals surface area (Å²) in [6.07, 6.45) is 4.39. The number of hydrogen-bond donors (Lipinski definition) is 3. The standard InChI is InChI=1S/C43H40N4O3S2/c1-43(2,3)31-22-23-34-35(27-44)42(52-37(34)25-31)47-41(50)38(29-16-9-5-10-17-29)51-33-21-13-20-32(26-33)45-40(49)36(24-28-14-7-4-8-15-28)46-39(48)30-18-11-6-12-19-30/h4-21,24,26,31,38H,22-23,25H2,1-3H3,(H,45,49)(H,46,48)(H,47,50)/b36-24-. The number of anilines is 2. The molecule has 0 saturated carbocycles. The second-order valence-electron chi connectivity index (χ2n) is 13.8. The molecule has 4 aromatic carbocycles. The highest BCUT2D eigenvalue weighted by atomic mass is 32.2. The summed E-state index contributed by atoms with van der Waals surface area (Å²) in [6.45, 7) is 6.78. The van der Waals surface area contributed by atoms with E-state index in [-0.39, 0.29) is 17.0 Å². The first-order valence-electron chi connectivity index (χ1n) is 17.2. The van der Waals surface area contributed by atoms with Crippen LogP contribution in [-0.2, 0) is 22.4 Å². The zero-order valence-electron chi connectivity index (χ0n) is 29.3. The van der Waals surface area contributed by atoms with Gasteiger partial charge in [0.1, 0.15) is 22.0 Å². The summed E-state index contributed by atoms with van der Waals surface area (Å²) < 4.78 is 0. The Bertz CT molecular complexity index is 2130. The van der Waals surface area contributed by atoms with Crippen LogP contribution < -0.4 is 16.0 Å². The first-order chi connectivity index (χ1) is 25.1. The van der Waals surface area contributed by atoms with Crippen LogP contribution in [0.1, 0.15) is 69.9 Å². The molecule has 0 spiro atoms. The van der Waals surface area contributed by atoms with E-state index >= 15 is 0 Å². The molecule has 1 aromatic heterocycles. The van der Waals surface area contributed by atoms with Crippen molar-refractivity contribution in [2.24, 2.45) is 11.3 Å². The average Bonchev–Trinajstić information content (AvgIpc) is 3.50. The zero-order valence-corrected chi connectivity index (χ0v) is 30.9. The third kappa shape index (κ3) is 8.89. The highest BCUT2D eigenvalue weighted by molar-refractivity contribution is 8.00. The molecule has 1 aliphatic carbocycles. The normalized spacial score (nSPS) is 14.7. The lowest BCUT2D eigenvalue weighted by Crippen LogP contribution is -2.30. The molecule has 2 atom stereocenters. The van der Waals surface area contributed by atoms with Crippen LogP contribution in [0.5, 0.6) is 0 Å². The van der Waals surface area contributed by atoms with Crippen LogP contribution in [0.25, 0.3) is 6.08 Å². The summed E-state index contributed by atoms with van der Waals surface area (Å²) in [7, 11) is 0. The molecule has 6 rings (SSSR count). The number of carbonyl (C=O) groups excluding carboxylic acids is 3. The third-order valence-corrected chi connectivity index (χ3v) is 11.6. The van der Waals surface area contributed by atoms with E-state index in [2.05, 4.69) is 42.8 Å². The molecule has 1 aliphatic rings. The number of amides is 3. The lowest BCUT2D eigenvalue weighted by molar-refractivity contribution is -0.116. The molecule has 0 saturated heterocycles. The Balaban J connectivity index is 1.22. The number of rotatable bonds is 10. The lowest BCUT2D eigenvalue weighted by atomic mass is 9.72. The minimum Gasteiger partial charge on any atom is -0.321 e. The van der Waals surface area contributed by atoms with Crippen molar-refractivity contribution in [2.45, 2.75) is 50.2 Å². The fourth-order valence-corrected chi connectivity index (χ4v) is 8.61. The zero-order chi connectivity index (χ0) is 36.7. The van der Waals surface area contributed by atoms with E-state index in [1.807, 2.05) is 84.9 Å². The Morgan fingerprint density at radius 1 is 0.885 bits per heavy atom. The molecule has 7 nitrogen and oxygen atoms in total. The van der Waals surface area contributed by atoms with Gasteiger partial charge in [0.05, 0.1) is 5.56 Å². The highest BCUT2D eigenvalue weighted by Crippen LogP contribution is 2.45. The molecular weight excluding hydrogens is 685 g/mol. The molecule has 0 bridgehead atoms. The molecule has 0 radical (unpaired) electrons. The minimum atomic E-state index is -0.640. The quantitative estimate of drug-likeness (QED) is 0.0982. The Labute approximate surface area is 313 Å². The number of thiophene rings is 1. The fourth-order valence-electron chi connectivity index (χ4n) is 6.25. The van der Waals surface area contributed by atoms with E-state index in [9.17, 15) is 19.6 Å². The molecular formula is C43H40N4O3S2. The molecule has 0 aliphatic heterocycles. The van der Waals surface area contributed by atoms with Gasteiger partial charge in [-0.25, -0.2) is 0 Å². The van der Waals surface area contributed by atoms with E-state index in [0.29, 0.717) is 27.7 Å². The smallest absolute Gasteiger partial charge is 0.272 e. The number of nitrogens with one attached hydrogen (secondary N) is 3. The molecule has 5 aromatic rings. The number of fused-ring (bicyclic) bond motifs is 1. The molecule has 1 heterocycles. The minimum absolute atomic E-state index is 0.0837. The van der Waals surface area contributed by atoms with Crippen molar-refractivity contribution in [3.63, 3.8) is 0 Å². The summed E-state index contributed by atoms with van der Waals surface area (Å²) in [5.74, 6) is -0.616. The number of thioether (sulfide) groups is 1. The molecule has 52 heavy (non-hydrogen) atoms. The maximum Gasteiger partial charge on any atom is 0.272 e. The van der Waals surface area contributed by atoms with E-state index < -0.39 is 17.1 Å². The number of hydrogen-bond acceptors (Lipinski definition) is 6. The number of carbonyl (C=O) groups is 3. The molecule has 262 valence electrons. The molecule has 9 heteroatoms. The fraction of sp³-hybridized carbons (Fsp3) is 0.209. The second kappa shape index (κ2) is 16.3. The van der Waals surface area contributed by atoms with Crippen LogP contribution in [0.3, 0.4) is 0 Å². The molecule has 3 N–H and O–H groups in total. The van der Waals surface area contributed by atoms with E-state index in [1.54, 1.807) is 36.4 Å². The van der Waals surface area contributed by atoms with Crippen LogP contribution in [0.4, 0.5) is 10.7 Å². The van der Waals surface area contributed by atoms with E-state index in [1.165, 1.54) is 28.0 Å². The Kier molecular flexibility index (Phi) is 11.4. The van der Waals surface area contributed by atoms with Gasteiger partial charge in [0.15, 0.2) is 0 Å². The van der Waals surface area contributed by atoms with Crippen molar-refractivity contribution < 1.29 is 14.4 Å². The van der Waals surface area contributed by atoms with Crippen LogP contribution in [0.2, 0.25) is 0 Å². The number of nitrogens with zero attached hydrogens (tertiary/aromatic N) is 1. The molecule has 3 amide bonds.